The molecule has 2 atom stereocenters. The molecule has 1 heterocycles. The zero-order valence-corrected chi connectivity index (χ0v) is 9.87. The molecule has 0 radical (unpaired) electrons. The number of hydrogen-bond donors (Lipinski definition) is 2. The summed E-state index contributed by atoms with van der Waals surface area (Å²) in [5, 5.41) is 2.39. The highest BCUT2D eigenvalue weighted by Gasteiger charge is 2.31. The second kappa shape index (κ2) is 4.89. The minimum atomic E-state index is -0.882. The first-order valence-electron chi connectivity index (χ1n) is 5.66. The quantitative estimate of drug-likeness (QED) is 0.794. The van der Waals surface area contributed by atoms with Crippen LogP contribution in [0.5, 0.6) is 0 Å². The number of nitrogens with one attached hydrogen (secondary N) is 1. The maximum Gasteiger partial charge on any atom is 0.230 e. The number of carbonyl (C=O) groups excluding carboxylic acids is 1. The predicted octanol–water partition coefficient (Wildman–Crippen LogP) is 1.91. The molecule has 0 bridgehead atoms. The van der Waals surface area contributed by atoms with Crippen molar-refractivity contribution in [1.29, 1.82) is 0 Å². The summed E-state index contributed by atoms with van der Waals surface area (Å²) in [5.41, 5.74) is 5.17. The van der Waals surface area contributed by atoms with Crippen molar-refractivity contribution < 1.29 is 18.3 Å². The molecule has 1 amide bonds. The highest BCUT2D eigenvalue weighted by Crippen LogP contribution is 2.27. The first-order chi connectivity index (χ1) is 8.49. The molecule has 1 aliphatic heterocycles. The number of hydrogen-bond acceptors (Lipinski definition) is 3. The summed E-state index contributed by atoms with van der Waals surface area (Å²) in [6.45, 7) is 2.28. The molecule has 98 valence electrons. The van der Waals surface area contributed by atoms with E-state index in [1.165, 1.54) is 0 Å². The van der Waals surface area contributed by atoms with Crippen LogP contribution in [0.1, 0.15) is 13.3 Å². The van der Waals surface area contributed by atoms with E-state index >= 15 is 0 Å². The molecule has 2 unspecified atom stereocenters. The Bertz CT molecular complexity index is 456. The number of rotatable bonds is 2. The van der Waals surface area contributed by atoms with Crippen LogP contribution in [0.15, 0.2) is 12.1 Å². The zero-order chi connectivity index (χ0) is 13.3. The van der Waals surface area contributed by atoms with Crippen LogP contribution >= 0.6 is 0 Å². The van der Waals surface area contributed by atoms with Crippen LogP contribution in [-0.4, -0.2) is 18.6 Å². The van der Waals surface area contributed by atoms with Gasteiger partial charge in [-0.25, -0.2) is 8.78 Å². The van der Waals surface area contributed by atoms with Crippen molar-refractivity contribution in [2.45, 2.75) is 19.4 Å². The molecule has 0 saturated carbocycles. The van der Waals surface area contributed by atoms with E-state index in [1.807, 2.05) is 0 Å². The summed E-state index contributed by atoms with van der Waals surface area (Å²) in [5.74, 6) is -2.36. The fourth-order valence-electron chi connectivity index (χ4n) is 2.02. The van der Waals surface area contributed by atoms with Crippen LogP contribution < -0.4 is 11.1 Å². The lowest BCUT2D eigenvalue weighted by Gasteiger charge is -2.15. The first-order valence-corrected chi connectivity index (χ1v) is 5.66. The highest BCUT2D eigenvalue weighted by atomic mass is 19.1. The number of carbonyl (C=O) groups is 1. The number of benzene rings is 1. The van der Waals surface area contributed by atoms with Gasteiger partial charge >= 0.3 is 0 Å². The van der Waals surface area contributed by atoms with Gasteiger partial charge in [0.05, 0.1) is 17.7 Å². The topological polar surface area (TPSA) is 64.3 Å². The molecular formula is C12H14F2N2O2. The number of anilines is 2. The van der Waals surface area contributed by atoms with Crippen molar-refractivity contribution in [2.75, 3.05) is 17.7 Å². The van der Waals surface area contributed by atoms with Gasteiger partial charge in [-0.15, -0.1) is 0 Å². The van der Waals surface area contributed by atoms with Gasteiger partial charge in [-0.1, -0.05) is 0 Å². The van der Waals surface area contributed by atoms with Crippen molar-refractivity contribution in [3.8, 4) is 0 Å². The van der Waals surface area contributed by atoms with Gasteiger partial charge in [0.2, 0.25) is 5.91 Å². The highest BCUT2D eigenvalue weighted by molar-refractivity contribution is 5.95. The summed E-state index contributed by atoms with van der Waals surface area (Å²) in [7, 11) is 0. The fraction of sp³-hybridized carbons (Fsp3) is 0.417. The Morgan fingerprint density at radius 3 is 2.78 bits per heavy atom. The molecule has 2 rings (SSSR count). The minimum Gasteiger partial charge on any atom is -0.397 e. The minimum absolute atomic E-state index is 0.132. The lowest BCUT2D eigenvalue weighted by atomic mass is 10.0. The molecule has 1 aromatic carbocycles. The summed E-state index contributed by atoms with van der Waals surface area (Å²) >= 11 is 0. The van der Waals surface area contributed by atoms with Gasteiger partial charge in [0, 0.05) is 12.7 Å². The fourth-order valence-corrected chi connectivity index (χ4v) is 2.02. The lowest BCUT2D eigenvalue weighted by Crippen LogP contribution is -2.28. The van der Waals surface area contributed by atoms with E-state index in [0.29, 0.717) is 19.1 Å². The number of nitrogens with two attached hydrogens (primary N) is 1. The third-order valence-corrected chi connectivity index (χ3v) is 3.05. The Hall–Kier alpha value is -1.69. The maximum atomic E-state index is 13.5. The molecule has 6 heteroatoms. The molecule has 0 aliphatic carbocycles. The van der Waals surface area contributed by atoms with E-state index in [0.717, 1.165) is 6.07 Å². The molecule has 3 N–H and O–H groups in total. The van der Waals surface area contributed by atoms with E-state index in [9.17, 15) is 13.6 Å². The van der Waals surface area contributed by atoms with E-state index in [2.05, 4.69) is 5.32 Å². The van der Waals surface area contributed by atoms with Crippen molar-refractivity contribution in [3.63, 3.8) is 0 Å². The van der Waals surface area contributed by atoms with Crippen LogP contribution in [0.3, 0.4) is 0 Å². The Morgan fingerprint density at radius 2 is 2.22 bits per heavy atom. The van der Waals surface area contributed by atoms with Gasteiger partial charge in [-0.05, 0) is 19.4 Å². The summed E-state index contributed by atoms with van der Waals surface area (Å²) in [6, 6.07) is 1.65. The van der Waals surface area contributed by atoms with Crippen LogP contribution in [0.4, 0.5) is 20.2 Å². The van der Waals surface area contributed by atoms with Gasteiger partial charge in [0.25, 0.3) is 0 Å². The third-order valence-electron chi connectivity index (χ3n) is 3.05. The Labute approximate surface area is 103 Å². The van der Waals surface area contributed by atoms with Crippen LogP contribution in [0, 0.1) is 17.6 Å². The van der Waals surface area contributed by atoms with Crippen molar-refractivity contribution in [3.05, 3.63) is 23.8 Å². The summed E-state index contributed by atoms with van der Waals surface area (Å²) in [4.78, 5) is 11.9. The molecule has 0 spiro atoms. The van der Waals surface area contributed by atoms with E-state index < -0.39 is 11.6 Å². The normalized spacial score (nSPS) is 23.1. The van der Waals surface area contributed by atoms with Gasteiger partial charge < -0.3 is 15.8 Å². The molecule has 18 heavy (non-hydrogen) atoms. The molecule has 0 aromatic heterocycles. The van der Waals surface area contributed by atoms with Gasteiger partial charge in [-0.2, -0.15) is 0 Å². The largest absolute Gasteiger partial charge is 0.397 e. The molecule has 1 saturated heterocycles. The summed E-state index contributed by atoms with van der Waals surface area (Å²) < 4.78 is 31.6. The average Bonchev–Trinajstić information content (AvgIpc) is 2.69. The number of ether oxygens (including phenoxy) is 1. The van der Waals surface area contributed by atoms with Crippen LogP contribution in [0.25, 0.3) is 0 Å². The Balaban J connectivity index is 2.17. The first kappa shape index (κ1) is 12.8. The molecule has 4 nitrogen and oxygen atoms in total. The predicted molar refractivity (Wildman–Crippen MR) is 62.9 cm³/mol. The second-order valence-electron chi connectivity index (χ2n) is 4.31. The lowest BCUT2D eigenvalue weighted by molar-refractivity contribution is -0.121. The van der Waals surface area contributed by atoms with E-state index in [4.69, 9.17) is 10.5 Å². The van der Waals surface area contributed by atoms with Crippen LogP contribution in [-0.2, 0) is 9.53 Å². The van der Waals surface area contributed by atoms with Gasteiger partial charge in [0.15, 0.2) is 5.82 Å². The van der Waals surface area contributed by atoms with Gasteiger partial charge in [-0.3, -0.25) is 4.79 Å². The van der Waals surface area contributed by atoms with Crippen LogP contribution in [0.2, 0.25) is 0 Å². The van der Waals surface area contributed by atoms with Crippen molar-refractivity contribution >= 4 is 17.3 Å². The van der Waals surface area contributed by atoms with Crippen molar-refractivity contribution in [2.24, 2.45) is 5.92 Å². The second-order valence-corrected chi connectivity index (χ2v) is 4.31. The van der Waals surface area contributed by atoms with Crippen molar-refractivity contribution in [1.82, 2.24) is 0 Å². The third kappa shape index (κ3) is 2.43. The smallest absolute Gasteiger partial charge is 0.230 e. The zero-order valence-electron chi connectivity index (χ0n) is 9.87. The standard InChI is InChI=1S/C12H14F2N2O2/c1-6-8(2-3-18-6)12(17)16-11-9(14)4-7(13)5-10(11)15/h4-6,8H,2-3,15H2,1H3,(H,16,17). The Kier molecular flexibility index (Phi) is 3.47. The van der Waals surface area contributed by atoms with E-state index in [-0.39, 0.29) is 29.3 Å². The van der Waals surface area contributed by atoms with E-state index in [1.54, 1.807) is 6.92 Å². The SMILES string of the molecule is CC1OCCC1C(=O)Nc1c(N)cc(F)cc1F. The molecule has 1 aliphatic rings. The number of halogens is 2. The summed E-state index contributed by atoms with van der Waals surface area (Å²) in [6.07, 6.45) is 0.366. The monoisotopic (exact) mass is 256 g/mol. The number of amides is 1. The number of nitrogen functional groups attached to an aromatic ring is 1. The van der Waals surface area contributed by atoms with Gasteiger partial charge in [0.1, 0.15) is 11.5 Å². The maximum absolute atomic E-state index is 13.5. The molecular weight excluding hydrogens is 242 g/mol. The Morgan fingerprint density at radius 1 is 1.50 bits per heavy atom. The molecule has 1 aromatic rings. The molecule has 1 fully saturated rings. The average molecular weight is 256 g/mol.